The minimum atomic E-state index is -0.297. The Kier molecular flexibility index (Phi) is 5.39. The minimum absolute atomic E-state index is 0.226. The number of rotatable bonds is 5. The molecule has 0 aromatic rings. The van der Waals surface area contributed by atoms with E-state index in [1.807, 2.05) is 13.8 Å². The first kappa shape index (κ1) is 12.2. The number of allylic oxidation sites excluding steroid dienone is 1. The summed E-state index contributed by atoms with van der Waals surface area (Å²) in [6, 6.07) is 0. The first-order chi connectivity index (χ1) is 6.02. The van der Waals surface area contributed by atoms with E-state index in [0.29, 0.717) is 13.0 Å². The van der Waals surface area contributed by atoms with Crippen LogP contribution in [0.2, 0.25) is 0 Å². The summed E-state index contributed by atoms with van der Waals surface area (Å²) in [6.07, 6.45) is 3.76. The van der Waals surface area contributed by atoms with Gasteiger partial charge in [-0.3, -0.25) is 0 Å². The molecule has 0 saturated heterocycles. The zero-order chi connectivity index (χ0) is 10.3. The van der Waals surface area contributed by atoms with Gasteiger partial charge in [0.15, 0.2) is 0 Å². The summed E-state index contributed by atoms with van der Waals surface area (Å²) in [5.74, 6) is -0.297. The van der Waals surface area contributed by atoms with Crippen LogP contribution in [-0.4, -0.2) is 25.3 Å². The molecule has 13 heavy (non-hydrogen) atoms. The molecule has 0 aromatic heterocycles. The van der Waals surface area contributed by atoms with Crippen molar-refractivity contribution in [2.75, 3.05) is 13.7 Å². The molecule has 0 aromatic carbocycles. The van der Waals surface area contributed by atoms with Gasteiger partial charge in [-0.05, 0) is 20.8 Å². The molecule has 0 unspecified atom stereocenters. The van der Waals surface area contributed by atoms with Gasteiger partial charge in [0.2, 0.25) is 0 Å². The second-order valence-electron chi connectivity index (χ2n) is 3.38. The molecular weight excluding hydrogens is 168 g/mol. The third kappa shape index (κ3) is 6.34. The van der Waals surface area contributed by atoms with Gasteiger partial charge in [-0.15, -0.1) is 0 Å². The van der Waals surface area contributed by atoms with Gasteiger partial charge in [0.25, 0.3) is 0 Å². The maximum absolute atomic E-state index is 10.9. The highest BCUT2D eigenvalue weighted by molar-refractivity contribution is 5.81. The molecule has 0 bridgehead atoms. The minimum Gasteiger partial charge on any atom is -0.462 e. The van der Waals surface area contributed by atoms with E-state index in [-0.39, 0.29) is 11.6 Å². The maximum atomic E-state index is 10.9. The molecule has 0 fully saturated rings. The lowest BCUT2D eigenvalue weighted by Gasteiger charge is -2.21. The molecule has 0 N–H and O–H groups in total. The van der Waals surface area contributed by atoms with E-state index in [0.717, 1.165) is 0 Å². The van der Waals surface area contributed by atoms with Gasteiger partial charge in [-0.25, -0.2) is 4.79 Å². The van der Waals surface area contributed by atoms with E-state index < -0.39 is 0 Å². The van der Waals surface area contributed by atoms with Crippen LogP contribution in [0.15, 0.2) is 12.2 Å². The number of ether oxygens (including phenoxy) is 2. The number of carbonyl (C=O) groups excluding carboxylic acids is 1. The van der Waals surface area contributed by atoms with E-state index in [2.05, 4.69) is 0 Å². The second kappa shape index (κ2) is 5.75. The Morgan fingerprint density at radius 3 is 2.54 bits per heavy atom. The largest absolute Gasteiger partial charge is 0.462 e. The van der Waals surface area contributed by atoms with Gasteiger partial charge in [0.05, 0.1) is 12.2 Å². The molecule has 0 rings (SSSR count). The Labute approximate surface area is 79.7 Å². The van der Waals surface area contributed by atoms with E-state index in [1.165, 1.54) is 6.08 Å². The van der Waals surface area contributed by atoms with Crippen molar-refractivity contribution >= 4 is 5.97 Å². The molecule has 76 valence electrons. The number of methoxy groups -OCH3 is 1. The fraction of sp³-hybridized carbons (Fsp3) is 0.700. The monoisotopic (exact) mass is 186 g/mol. The van der Waals surface area contributed by atoms with Gasteiger partial charge in [-0.2, -0.15) is 0 Å². The number of esters is 1. The van der Waals surface area contributed by atoms with E-state index in [4.69, 9.17) is 9.47 Å². The average Bonchev–Trinajstić information content (AvgIpc) is 2.05. The van der Waals surface area contributed by atoms with Crippen molar-refractivity contribution in [2.45, 2.75) is 32.8 Å². The molecule has 0 aliphatic heterocycles. The highest BCUT2D eigenvalue weighted by Gasteiger charge is 2.16. The lowest BCUT2D eigenvalue weighted by atomic mass is 10.1. The maximum Gasteiger partial charge on any atom is 0.330 e. The number of hydrogen-bond donors (Lipinski definition) is 0. The Morgan fingerprint density at radius 2 is 2.08 bits per heavy atom. The summed E-state index contributed by atoms with van der Waals surface area (Å²) in [6.45, 7) is 6.08. The van der Waals surface area contributed by atoms with Gasteiger partial charge in [0.1, 0.15) is 0 Å². The average molecular weight is 186 g/mol. The Balaban J connectivity index is 3.62. The fourth-order valence-corrected chi connectivity index (χ4v) is 0.684. The van der Waals surface area contributed by atoms with Crippen LogP contribution in [0.1, 0.15) is 27.2 Å². The molecular formula is C10H18O3. The van der Waals surface area contributed by atoms with Crippen LogP contribution in [0, 0.1) is 0 Å². The van der Waals surface area contributed by atoms with Crippen LogP contribution in [0.5, 0.6) is 0 Å². The molecule has 0 aliphatic rings. The summed E-state index contributed by atoms with van der Waals surface area (Å²) < 4.78 is 10.1. The zero-order valence-corrected chi connectivity index (χ0v) is 8.79. The lowest BCUT2D eigenvalue weighted by molar-refractivity contribution is -0.139. The normalized spacial score (nSPS) is 12.0. The smallest absolute Gasteiger partial charge is 0.330 e. The van der Waals surface area contributed by atoms with Crippen molar-refractivity contribution in [2.24, 2.45) is 0 Å². The van der Waals surface area contributed by atoms with Crippen LogP contribution in [0.25, 0.3) is 0 Å². The quantitative estimate of drug-likeness (QED) is 0.486. The van der Waals surface area contributed by atoms with Crippen molar-refractivity contribution in [1.82, 2.24) is 0 Å². The van der Waals surface area contributed by atoms with Crippen molar-refractivity contribution in [3.05, 3.63) is 12.2 Å². The lowest BCUT2D eigenvalue weighted by Crippen LogP contribution is -2.24. The molecule has 0 atom stereocenters. The van der Waals surface area contributed by atoms with Crippen LogP contribution < -0.4 is 0 Å². The van der Waals surface area contributed by atoms with Crippen LogP contribution in [0.3, 0.4) is 0 Å². The summed E-state index contributed by atoms with van der Waals surface area (Å²) in [5, 5.41) is 0. The summed E-state index contributed by atoms with van der Waals surface area (Å²) in [7, 11) is 1.65. The molecule has 0 saturated carbocycles. The van der Waals surface area contributed by atoms with Crippen LogP contribution in [-0.2, 0) is 14.3 Å². The van der Waals surface area contributed by atoms with Crippen LogP contribution in [0.4, 0.5) is 0 Å². The molecule has 0 spiro atoms. The zero-order valence-electron chi connectivity index (χ0n) is 8.79. The van der Waals surface area contributed by atoms with E-state index >= 15 is 0 Å². The van der Waals surface area contributed by atoms with Crippen molar-refractivity contribution in [3.63, 3.8) is 0 Å². The molecule has 3 heteroatoms. The van der Waals surface area contributed by atoms with Crippen molar-refractivity contribution in [1.29, 1.82) is 0 Å². The van der Waals surface area contributed by atoms with Gasteiger partial charge in [-0.1, -0.05) is 6.08 Å². The summed E-state index contributed by atoms with van der Waals surface area (Å²) in [4.78, 5) is 10.9. The van der Waals surface area contributed by atoms with Crippen molar-refractivity contribution < 1.29 is 14.3 Å². The topological polar surface area (TPSA) is 35.5 Å². The SMILES string of the molecule is CC=CC(=O)OCCC(C)(C)OC. The Hall–Kier alpha value is -0.830. The molecule has 0 radical (unpaired) electrons. The molecule has 3 nitrogen and oxygen atoms in total. The third-order valence-corrected chi connectivity index (χ3v) is 1.80. The number of carbonyl (C=O) groups is 1. The second-order valence-corrected chi connectivity index (χ2v) is 3.38. The van der Waals surface area contributed by atoms with Crippen molar-refractivity contribution in [3.8, 4) is 0 Å². The summed E-state index contributed by atoms with van der Waals surface area (Å²) >= 11 is 0. The third-order valence-electron chi connectivity index (χ3n) is 1.80. The molecule has 0 heterocycles. The Morgan fingerprint density at radius 1 is 1.46 bits per heavy atom. The molecule has 0 amide bonds. The predicted octanol–water partition coefficient (Wildman–Crippen LogP) is 1.92. The highest BCUT2D eigenvalue weighted by atomic mass is 16.5. The Bertz CT molecular complexity index is 183. The predicted molar refractivity (Wildman–Crippen MR) is 51.5 cm³/mol. The van der Waals surface area contributed by atoms with Gasteiger partial charge < -0.3 is 9.47 Å². The van der Waals surface area contributed by atoms with E-state index in [1.54, 1.807) is 20.1 Å². The first-order valence-electron chi connectivity index (χ1n) is 4.36. The fourth-order valence-electron chi connectivity index (χ4n) is 0.684. The first-order valence-corrected chi connectivity index (χ1v) is 4.36. The van der Waals surface area contributed by atoms with Gasteiger partial charge in [0, 0.05) is 19.6 Å². The molecule has 0 aliphatic carbocycles. The standard InChI is InChI=1S/C10H18O3/c1-5-6-9(11)13-8-7-10(2,3)12-4/h5-6H,7-8H2,1-4H3. The van der Waals surface area contributed by atoms with E-state index in [9.17, 15) is 4.79 Å². The highest BCUT2D eigenvalue weighted by Crippen LogP contribution is 2.12. The van der Waals surface area contributed by atoms with Crippen LogP contribution >= 0.6 is 0 Å². The number of hydrogen-bond acceptors (Lipinski definition) is 3. The van der Waals surface area contributed by atoms with Gasteiger partial charge >= 0.3 is 5.97 Å². The summed E-state index contributed by atoms with van der Waals surface area (Å²) in [5.41, 5.74) is -0.226.